The molecule has 0 saturated carbocycles. The number of carboxylic acid groups (broad SMARTS) is 4. The molecule has 17 heteroatoms. The largest absolute Gasteiger partial charge is 0.481 e. The van der Waals surface area contributed by atoms with Crippen LogP contribution in [0.4, 0.5) is 0 Å². The van der Waals surface area contributed by atoms with Crippen molar-refractivity contribution in [2.45, 2.75) is 62.7 Å². The highest BCUT2D eigenvalue weighted by molar-refractivity contribution is 5.95. The van der Waals surface area contributed by atoms with Gasteiger partial charge in [-0.25, -0.2) is 9.78 Å². The number of imidazole rings is 1. The van der Waals surface area contributed by atoms with Crippen molar-refractivity contribution in [3.63, 3.8) is 0 Å². The summed E-state index contributed by atoms with van der Waals surface area (Å²) in [6, 6.07) is -6.24. The second kappa shape index (κ2) is 14.8. The van der Waals surface area contributed by atoms with Crippen LogP contribution in [-0.2, 0) is 40.0 Å². The highest BCUT2D eigenvalue weighted by atomic mass is 16.4. The molecule has 1 heterocycles. The second-order valence-corrected chi connectivity index (χ2v) is 7.87. The first-order valence-corrected chi connectivity index (χ1v) is 10.8. The third kappa shape index (κ3) is 11.6. The highest BCUT2D eigenvalue weighted by Gasteiger charge is 2.32. The van der Waals surface area contributed by atoms with Gasteiger partial charge in [0, 0.05) is 31.2 Å². The van der Waals surface area contributed by atoms with Crippen molar-refractivity contribution < 1.29 is 54.0 Å². The minimum absolute atomic E-state index is 0.00390. The van der Waals surface area contributed by atoms with Gasteiger partial charge in [-0.05, 0) is 12.8 Å². The summed E-state index contributed by atoms with van der Waals surface area (Å²) < 4.78 is 0. The fourth-order valence-electron chi connectivity index (χ4n) is 3.00. The minimum atomic E-state index is -1.83. The Kier molecular flexibility index (Phi) is 12.2. The van der Waals surface area contributed by atoms with Gasteiger partial charge in [-0.1, -0.05) is 0 Å². The number of amides is 3. The van der Waals surface area contributed by atoms with Gasteiger partial charge < -0.3 is 47.1 Å². The van der Waals surface area contributed by atoms with Gasteiger partial charge in [-0.2, -0.15) is 0 Å². The quantitative estimate of drug-likeness (QED) is 0.0976. The molecule has 1 rings (SSSR count). The molecule has 0 aliphatic carbocycles. The molecule has 0 aliphatic rings. The van der Waals surface area contributed by atoms with Crippen molar-refractivity contribution >= 4 is 41.6 Å². The summed E-state index contributed by atoms with van der Waals surface area (Å²) in [5, 5.41) is 42.3. The van der Waals surface area contributed by atoms with E-state index in [1.807, 2.05) is 5.32 Å². The lowest BCUT2D eigenvalue weighted by Gasteiger charge is -2.24. The first-order chi connectivity index (χ1) is 17.3. The minimum Gasteiger partial charge on any atom is -0.481 e. The molecule has 4 unspecified atom stereocenters. The SMILES string of the molecule is NC(Cc1cnc[nH]1)C(=O)NC(CCC(=O)O)C(=O)NC(CC(=O)O)C(=O)NC(CCC(=O)O)C(=O)O. The summed E-state index contributed by atoms with van der Waals surface area (Å²) in [6.07, 6.45) is -0.393. The first kappa shape index (κ1) is 30.5. The lowest BCUT2D eigenvalue weighted by Crippen LogP contribution is -2.57. The van der Waals surface area contributed by atoms with E-state index in [2.05, 4.69) is 20.6 Å². The van der Waals surface area contributed by atoms with Crippen LogP contribution in [0.3, 0.4) is 0 Å². The molecule has 0 saturated heterocycles. The van der Waals surface area contributed by atoms with Gasteiger partial charge in [0.05, 0.1) is 18.8 Å². The Morgan fingerprint density at radius 1 is 0.784 bits per heavy atom. The average molecular weight is 528 g/mol. The molecule has 0 aliphatic heterocycles. The summed E-state index contributed by atoms with van der Waals surface area (Å²) >= 11 is 0. The number of hydrogen-bond donors (Lipinski definition) is 9. The van der Waals surface area contributed by atoms with Crippen molar-refractivity contribution in [1.29, 1.82) is 0 Å². The normalized spacial score (nSPS) is 13.9. The number of H-pyrrole nitrogens is 1. The number of nitrogens with two attached hydrogens (primary N) is 1. The summed E-state index contributed by atoms with van der Waals surface area (Å²) in [6.45, 7) is 0. The Morgan fingerprint density at radius 3 is 1.78 bits per heavy atom. The maximum Gasteiger partial charge on any atom is 0.326 e. The maximum atomic E-state index is 12.8. The number of nitrogens with zero attached hydrogens (tertiary/aromatic N) is 1. The fraction of sp³-hybridized carbons (Fsp3) is 0.500. The van der Waals surface area contributed by atoms with E-state index in [-0.39, 0.29) is 6.42 Å². The lowest BCUT2D eigenvalue weighted by molar-refractivity contribution is -0.144. The molecule has 204 valence electrons. The van der Waals surface area contributed by atoms with Crippen LogP contribution < -0.4 is 21.7 Å². The van der Waals surface area contributed by atoms with Gasteiger partial charge in [0.25, 0.3) is 0 Å². The molecular formula is C20H28N6O11. The van der Waals surface area contributed by atoms with Crippen LogP contribution in [0.25, 0.3) is 0 Å². The molecule has 0 aromatic carbocycles. The number of nitrogens with one attached hydrogen (secondary N) is 4. The molecule has 3 amide bonds. The Morgan fingerprint density at radius 2 is 1.30 bits per heavy atom. The van der Waals surface area contributed by atoms with Gasteiger partial charge in [0.1, 0.15) is 18.1 Å². The molecular weight excluding hydrogens is 500 g/mol. The molecule has 0 radical (unpaired) electrons. The molecule has 0 spiro atoms. The zero-order valence-electron chi connectivity index (χ0n) is 19.4. The molecule has 10 N–H and O–H groups in total. The predicted octanol–water partition coefficient (Wildman–Crippen LogP) is -2.98. The number of aromatic nitrogens is 2. The number of carboxylic acids is 4. The van der Waals surface area contributed by atoms with Crippen LogP contribution in [0.1, 0.15) is 37.8 Å². The lowest BCUT2D eigenvalue weighted by atomic mass is 10.1. The van der Waals surface area contributed by atoms with Crippen molar-refractivity contribution in [3.8, 4) is 0 Å². The van der Waals surface area contributed by atoms with E-state index >= 15 is 0 Å². The van der Waals surface area contributed by atoms with Gasteiger partial charge in [-0.3, -0.25) is 28.8 Å². The second-order valence-electron chi connectivity index (χ2n) is 7.87. The topological polar surface area (TPSA) is 291 Å². The zero-order valence-corrected chi connectivity index (χ0v) is 19.4. The molecule has 37 heavy (non-hydrogen) atoms. The number of aromatic amines is 1. The predicted molar refractivity (Wildman–Crippen MR) is 120 cm³/mol. The zero-order chi connectivity index (χ0) is 28.1. The Labute approximate surface area is 208 Å². The van der Waals surface area contributed by atoms with E-state index in [1.54, 1.807) is 0 Å². The summed E-state index contributed by atoms with van der Waals surface area (Å²) in [7, 11) is 0. The van der Waals surface area contributed by atoms with Crippen LogP contribution in [0.15, 0.2) is 12.5 Å². The molecule has 1 aromatic heterocycles. The van der Waals surface area contributed by atoms with E-state index in [0.29, 0.717) is 5.69 Å². The molecule has 17 nitrogen and oxygen atoms in total. The van der Waals surface area contributed by atoms with Crippen LogP contribution in [0, 0.1) is 0 Å². The van der Waals surface area contributed by atoms with Gasteiger partial charge in [0.15, 0.2) is 0 Å². The smallest absolute Gasteiger partial charge is 0.326 e. The number of carbonyl (C=O) groups is 7. The molecule has 0 bridgehead atoms. The molecule has 0 fully saturated rings. The monoisotopic (exact) mass is 528 g/mol. The first-order valence-electron chi connectivity index (χ1n) is 10.8. The van der Waals surface area contributed by atoms with Gasteiger partial charge in [0.2, 0.25) is 17.7 Å². The Hall–Kier alpha value is -4.54. The van der Waals surface area contributed by atoms with Crippen LogP contribution in [0.2, 0.25) is 0 Å². The van der Waals surface area contributed by atoms with Gasteiger partial charge >= 0.3 is 23.9 Å². The highest BCUT2D eigenvalue weighted by Crippen LogP contribution is 2.05. The van der Waals surface area contributed by atoms with E-state index < -0.39 is 97.9 Å². The van der Waals surface area contributed by atoms with Crippen molar-refractivity contribution in [2.75, 3.05) is 0 Å². The number of rotatable bonds is 17. The number of hydrogen-bond acceptors (Lipinski definition) is 9. The van der Waals surface area contributed by atoms with E-state index in [0.717, 1.165) is 0 Å². The van der Waals surface area contributed by atoms with Crippen molar-refractivity contribution in [2.24, 2.45) is 5.73 Å². The van der Waals surface area contributed by atoms with Crippen molar-refractivity contribution in [3.05, 3.63) is 18.2 Å². The van der Waals surface area contributed by atoms with Gasteiger partial charge in [-0.15, -0.1) is 0 Å². The maximum absolute atomic E-state index is 12.8. The van der Waals surface area contributed by atoms with Crippen LogP contribution in [0.5, 0.6) is 0 Å². The third-order valence-corrected chi connectivity index (χ3v) is 4.88. The third-order valence-electron chi connectivity index (χ3n) is 4.88. The summed E-state index contributed by atoms with van der Waals surface area (Å²) in [5.74, 6) is -9.00. The standard InChI is InChI=1S/C20H28N6O11/c21-10(5-9-7-22-8-23-9)17(33)24-11(1-3-14(27)28)18(34)26-13(6-16(31)32)19(35)25-12(20(36)37)2-4-15(29)30/h7-8,10-13H,1-6,21H2,(H,22,23)(H,24,33)(H,25,35)(H,26,34)(H,27,28)(H,29,30)(H,31,32)(H,36,37). The number of carbonyl (C=O) groups excluding carboxylic acids is 3. The average Bonchev–Trinajstić information content (AvgIpc) is 3.30. The number of aliphatic carboxylic acids is 4. The summed E-state index contributed by atoms with van der Waals surface area (Å²) in [4.78, 5) is 88.7. The molecule has 4 atom stereocenters. The fourth-order valence-corrected chi connectivity index (χ4v) is 3.00. The summed E-state index contributed by atoms with van der Waals surface area (Å²) in [5.41, 5.74) is 6.32. The van der Waals surface area contributed by atoms with E-state index in [9.17, 15) is 38.7 Å². The van der Waals surface area contributed by atoms with E-state index in [4.69, 9.17) is 21.1 Å². The van der Waals surface area contributed by atoms with Crippen LogP contribution >= 0.6 is 0 Å². The van der Waals surface area contributed by atoms with Crippen LogP contribution in [-0.4, -0.2) is 96.2 Å². The molecule has 1 aromatic rings. The van der Waals surface area contributed by atoms with E-state index in [1.165, 1.54) is 12.5 Å². The van der Waals surface area contributed by atoms with Crippen molar-refractivity contribution in [1.82, 2.24) is 25.9 Å². The Balaban J connectivity index is 2.98. The Bertz CT molecular complexity index is 997.